The van der Waals surface area contributed by atoms with Crippen molar-refractivity contribution in [2.75, 3.05) is 0 Å². The molecule has 0 aliphatic carbocycles. The van der Waals surface area contributed by atoms with Crippen LogP contribution >= 0.6 is 0 Å². The Morgan fingerprint density at radius 1 is 0.800 bits per heavy atom. The number of aromatic nitrogens is 1. The highest BCUT2D eigenvalue weighted by Gasteiger charge is 2.22. The van der Waals surface area contributed by atoms with Crippen LogP contribution in [-0.2, 0) is 9.84 Å². The van der Waals surface area contributed by atoms with E-state index in [9.17, 15) is 8.42 Å². The van der Waals surface area contributed by atoms with Crippen LogP contribution in [0.2, 0.25) is 0 Å². The molecular formula is C21H17NO2S. The van der Waals surface area contributed by atoms with Gasteiger partial charge in [0, 0.05) is 16.5 Å². The molecule has 25 heavy (non-hydrogen) atoms. The van der Waals surface area contributed by atoms with E-state index < -0.39 is 9.84 Å². The number of sulfone groups is 1. The van der Waals surface area contributed by atoms with Crippen molar-refractivity contribution in [3.8, 4) is 0 Å². The minimum absolute atomic E-state index is 0.304. The first kappa shape index (κ1) is 15.8. The molecule has 1 aromatic heterocycles. The molecule has 0 amide bonds. The predicted octanol–water partition coefficient (Wildman–Crippen LogP) is 4.84. The first-order valence-electron chi connectivity index (χ1n) is 8.08. The molecule has 0 saturated heterocycles. The first-order valence-corrected chi connectivity index (χ1v) is 9.56. The third-order valence-electron chi connectivity index (χ3n) is 4.41. The summed E-state index contributed by atoms with van der Waals surface area (Å²) in [5.74, 6) is 0. The summed E-state index contributed by atoms with van der Waals surface area (Å²) in [7, 11) is -3.61. The highest BCUT2D eigenvalue weighted by molar-refractivity contribution is 7.91. The fourth-order valence-electron chi connectivity index (χ4n) is 3.12. The van der Waals surface area contributed by atoms with Gasteiger partial charge < -0.3 is 0 Å². The Hall–Kier alpha value is -2.72. The van der Waals surface area contributed by atoms with E-state index >= 15 is 0 Å². The van der Waals surface area contributed by atoms with Crippen molar-refractivity contribution >= 4 is 31.5 Å². The normalized spacial score (nSPS) is 11.9. The molecule has 0 aliphatic rings. The summed E-state index contributed by atoms with van der Waals surface area (Å²) >= 11 is 0. The second-order valence-corrected chi connectivity index (χ2v) is 8.18. The van der Waals surface area contributed by atoms with Crippen LogP contribution in [0.3, 0.4) is 0 Å². The van der Waals surface area contributed by atoms with Crippen molar-refractivity contribution < 1.29 is 8.42 Å². The topological polar surface area (TPSA) is 47.0 Å². The van der Waals surface area contributed by atoms with Gasteiger partial charge in [-0.2, -0.15) is 0 Å². The quantitative estimate of drug-likeness (QED) is 0.488. The lowest BCUT2D eigenvalue weighted by molar-refractivity contribution is 0.596. The van der Waals surface area contributed by atoms with Gasteiger partial charge >= 0.3 is 0 Å². The Kier molecular flexibility index (Phi) is 3.58. The fraction of sp³-hybridized carbons (Fsp3) is 0.0952. The van der Waals surface area contributed by atoms with Gasteiger partial charge in [-0.1, -0.05) is 54.1 Å². The molecule has 3 nitrogen and oxygen atoms in total. The van der Waals surface area contributed by atoms with Gasteiger partial charge in [-0.25, -0.2) is 8.42 Å². The summed E-state index contributed by atoms with van der Waals surface area (Å²) in [4.78, 5) is 5.23. The van der Waals surface area contributed by atoms with Crippen LogP contribution in [0.1, 0.15) is 11.3 Å². The lowest BCUT2D eigenvalue weighted by Crippen LogP contribution is -2.04. The zero-order chi connectivity index (χ0) is 17.6. The SMILES string of the molecule is Cc1ccc(S(=O)(=O)c2cc(C)nc3c2ccc2ccccc23)cc1. The number of hydrogen-bond acceptors (Lipinski definition) is 3. The van der Waals surface area contributed by atoms with E-state index in [2.05, 4.69) is 4.98 Å². The summed E-state index contributed by atoms with van der Waals surface area (Å²) in [6, 6.07) is 20.3. The molecule has 1 heterocycles. The molecule has 0 aliphatic heterocycles. The number of hydrogen-bond donors (Lipinski definition) is 0. The molecule has 0 N–H and O–H groups in total. The Morgan fingerprint density at radius 3 is 2.28 bits per heavy atom. The lowest BCUT2D eigenvalue weighted by atomic mass is 10.1. The van der Waals surface area contributed by atoms with Crippen LogP contribution in [-0.4, -0.2) is 13.4 Å². The third kappa shape index (κ3) is 2.59. The molecule has 0 fully saturated rings. The van der Waals surface area contributed by atoms with Crippen molar-refractivity contribution in [1.82, 2.24) is 4.98 Å². The second kappa shape index (κ2) is 5.67. The molecule has 0 unspecified atom stereocenters. The molecule has 0 atom stereocenters. The van der Waals surface area contributed by atoms with Crippen molar-refractivity contribution in [3.05, 3.63) is 78.0 Å². The van der Waals surface area contributed by atoms with E-state index in [0.717, 1.165) is 21.9 Å². The van der Waals surface area contributed by atoms with Gasteiger partial charge in [0.1, 0.15) is 0 Å². The van der Waals surface area contributed by atoms with Gasteiger partial charge in [-0.05, 0) is 37.4 Å². The number of benzene rings is 3. The lowest BCUT2D eigenvalue weighted by Gasteiger charge is -2.11. The summed E-state index contributed by atoms with van der Waals surface area (Å²) in [5.41, 5.74) is 2.44. The number of aryl methyl sites for hydroxylation is 2. The van der Waals surface area contributed by atoms with Crippen LogP contribution in [0.4, 0.5) is 0 Å². The van der Waals surface area contributed by atoms with Gasteiger partial charge in [-0.15, -0.1) is 0 Å². The van der Waals surface area contributed by atoms with Gasteiger partial charge in [0.15, 0.2) is 0 Å². The van der Waals surface area contributed by atoms with E-state index in [1.165, 1.54) is 0 Å². The van der Waals surface area contributed by atoms with Crippen LogP contribution in [0.5, 0.6) is 0 Å². The predicted molar refractivity (Wildman–Crippen MR) is 101 cm³/mol. The molecule has 0 radical (unpaired) electrons. The number of fused-ring (bicyclic) bond motifs is 3. The number of rotatable bonds is 2. The molecule has 4 aromatic rings. The maximum Gasteiger partial charge on any atom is 0.207 e. The van der Waals surface area contributed by atoms with Crippen LogP contribution in [0, 0.1) is 13.8 Å². The largest absolute Gasteiger partial charge is 0.252 e. The first-order chi connectivity index (χ1) is 12.0. The molecule has 0 bridgehead atoms. The van der Waals surface area contributed by atoms with Gasteiger partial charge in [-0.3, -0.25) is 4.98 Å². The monoisotopic (exact) mass is 347 g/mol. The molecule has 124 valence electrons. The molecule has 4 heteroatoms. The maximum atomic E-state index is 13.2. The van der Waals surface area contributed by atoms with E-state index in [1.54, 1.807) is 18.2 Å². The van der Waals surface area contributed by atoms with Gasteiger partial charge in [0.2, 0.25) is 9.84 Å². The van der Waals surface area contributed by atoms with E-state index in [1.807, 2.05) is 62.4 Å². The van der Waals surface area contributed by atoms with E-state index in [4.69, 9.17) is 0 Å². The maximum absolute atomic E-state index is 13.2. The highest BCUT2D eigenvalue weighted by Crippen LogP contribution is 2.32. The Morgan fingerprint density at radius 2 is 1.52 bits per heavy atom. The molecule has 0 spiro atoms. The Bertz CT molecular complexity index is 1210. The smallest absolute Gasteiger partial charge is 0.207 e. The fourth-order valence-corrected chi connectivity index (χ4v) is 4.65. The van der Waals surface area contributed by atoms with Crippen molar-refractivity contribution in [1.29, 1.82) is 0 Å². The molecular weight excluding hydrogens is 330 g/mol. The average Bonchev–Trinajstić information content (AvgIpc) is 2.61. The summed E-state index contributed by atoms with van der Waals surface area (Å²) < 4.78 is 26.4. The van der Waals surface area contributed by atoms with Crippen LogP contribution < -0.4 is 0 Å². The van der Waals surface area contributed by atoms with Gasteiger partial charge in [0.25, 0.3) is 0 Å². The van der Waals surface area contributed by atoms with E-state index in [0.29, 0.717) is 20.9 Å². The summed E-state index contributed by atoms with van der Waals surface area (Å²) in [6.45, 7) is 3.77. The Balaban J connectivity index is 2.08. The average molecular weight is 347 g/mol. The standard InChI is InChI=1S/C21H17NO2S/c1-14-7-10-17(11-8-14)25(23,24)20-13-15(2)22-21-18-6-4-3-5-16(18)9-12-19(20)21/h3-13H,1-2H3. The van der Waals surface area contributed by atoms with E-state index in [-0.39, 0.29) is 0 Å². The summed E-state index contributed by atoms with van der Waals surface area (Å²) in [6.07, 6.45) is 0. The van der Waals surface area contributed by atoms with Crippen molar-refractivity contribution in [2.45, 2.75) is 23.6 Å². The number of nitrogens with zero attached hydrogens (tertiary/aromatic N) is 1. The third-order valence-corrected chi connectivity index (χ3v) is 6.22. The number of pyridine rings is 1. The summed E-state index contributed by atoms with van der Waals surface area (Å²) in [5, 5.41) is 2.67. The minimum atomic E-state index is -3.61. The molecule has 4 rings (SSSR count). The van der Waals surface area contributed by atoms with Crippen molar-refractivity contribution in [3.63, 3.8) is 0 Å². The zero-order valence-electron chi connectivity index (χ0n) is 14.0. The van der Waals surface area contributed by atoms with Gasteiger partial charge in [0.05, 0.1) is 15.3 Å². The molecule has 0 saturated carbocycles. The Labute approximate surface area is 146 Å². The van der Waals surface area contributed by atoms with Crippen molar-refractivity contribution in [2.24, 2.45) is 0 Å². The zero-order valence-corrected chi connectivity index (χ0v) is 14.8. The second-order valence-electron chi connectivity index (χ2n) is 6.26. The van der Waals surface area contributed by atoms with Crippen LogP contribution in [0.15, 0.2) is 76.5 Å². The minimum Gasteiger partial charge on any atom is -0.252 e. The van der Waals surface area contributed by atoms with Crippen LogP contribution in [0.25, 0.3) is 21.7 Å². The molecule has 3 aromatic carbocycles. The highest BCUT2D eigenvalue weighted by atomic mass is 32.2.